The molecule has 1 saturated carbocycles. The molecule has 1 aromatic carbocycles. The zero-order valence-electron chi connectivity index (χ0n) is 15.0. The van der Waals surface area contributed by atoms with Gasteiger partial charge in [0.25, 0.3) is 0 Å². The summed E-state index contributed by atoms with van der Waals surface area (Å²) < 4.78 is 0. The molecule has 2 amide bonds. The molecule has 0 spiro atoms. The minimum atomic E-state index is -0.0669. The predicted octanol–water partition coefficient (Wildman–Crippen LogP) is 2.90. The molecule has 1 atom stereocenters. The molecule has 25 heavy (non-hydrogen) atoms. The van der Waals surface area contributed by atoms with Gasteiger partial charge < -0.3 is 20.6 Å². The zero-order valence-corrected chi connectivity index (χ0v) is 15.0. The quantitative estimate of drug-likeness (QED) is 0.743. The van der Waals surface area contributed by atoms with E-state index in [1.165, 1.54) is 24.9 Å². The number of rotatable bonds is 6. The highest BCUT2D eigenvalue weighted by atomic mass is 16.3. The van der Waals surface area contributed by atoms with E-state index in [4.69, 9.17) is 0 Å². The van der Waals surface area contributed by atoms with Crippen molar-refractivity contribution in [2.75, 3.05) is 31.1 Å². The number of benzene rings is 1. The van der Waals surface area contributed by atoms with Crippen molar-refractivity contribution in [3.8, 4) is 0 Å². The van der Waals surface area contributed by atoms with Crippen molar-refractivity contribution >= 4 is 11.7 Å². The molecule has 5 heteroatoms. The first kappa shape index (κ1) is 18.1. The molecule has 2 fully saturated rings. The van der Waals surface area contributed by atoms with Gasteiger partial charge in [-0.05, 0) is 43.2 Å². The molecule has 1 aromatic rings. The highest BCUT2D eigenvalue weighted by Crippen LogP contribution is 2.38. The number of urea groups is 1. The van der Waals surface area contributed by atoms with Gasteiger partial charge in [-0.15, -0.1) is 0 Å². The van der Waals surface area contributed by atoms with E-state index in [1.807, 2.05) is 18.2 Å². The van der Waals surface area contributed by atoms with E-state index in [1.54, 1.807) is 0 Å². The van der Waals surface area contributed by atoms with Crippen LogP contribution < -0.4 is 15.5 Å². The first-order valence-corrected chi connectivity index (χ1v) is 9.66. The maximum atomic E-state index is 12.3. The molecule has 0 aromatic heterocycles. The number of aliphatic hydroxyl groups is 1. The number of hydrogen-bond donors (Lipinski definition) is 3. The average molecular weight is 345 g/mol. The Morgan fingerprint density at radius 3 is 2.68 bits per heavy atom. The smallest absolute Gasteiger partial charge is 0.315 e. The molecular formula is C20H31N3O2. The fourth-order valence-electron chi connectivity index (χ4n) is 4.31. The van der Waals surface area contributed by atoms with Crippen LogP contribution in [-0.2, 0) is 0 Å². The third kappa shape index (κ3) is 4.88. The monoisotopic (exact) mass is 345 g/mol. The Hall–Kier alpha value is -1.75. The van der Waals surface area contributed by atoms with Crippen LogP contribution in [0.3, 0.4) is 0 Å². The Balaban J connectivity index is 1.45. The summed E-state index contributed by atoms with van der Waals surface area (Å²) >= 11 is 0. The summed E-state index contributed by atoms with van der Waals surface area (Å²) in [6.45, 7) is 2.72. The third-order valence-corrected chi connectivity index (χ3v) is 5.83. The second-order valence-electron chi connectivity index (χ2n) is 7.63. The van der Waals surface area contributed by atoms with E-state index >= 15 is 0 Å². The predicted molar refractivity (Wildman–Crippen MR) is 101 cm³/mol. The molecule has 1 saturated heterocycles. The van der Waals surface area contributed by atoms with Crippen LogP contribution in [0.5, 0.6) is 0 Å². The fraction of sp³-hybridized carbons (Fsp3) is 0.650. The first-order valence-electron chi connectivity index (χ1n) is 9.66. The maximum absolute atomic E-state index is 12.3. The lowest BCUT2D eigenvalue weighted by Gasteiger charge is -2.37. The number of hydrogen-bond acceptors (Lipinski definition) is 3. The van der Waals surface area contributed by atoms with Gasteiger partial charge in [-0.1, -0.05) is 37.5 Å². The summed E-state index contributed by atoms with van der Waals surface area (Å²) in [5, 5.41) is 15.6. The Bertz CT molecular complexity index is 538. The summed E-state index contributed by atoms with van der Waals surface area (Å²) in [7, 11) is 0. The van der Waals surface area contributed by atoms with E-state index in [-0.39, 0.29) is 24.1 Å². The number of anilines is 1. The number of amides is 2. The summed E-state index contributed by atoms with van der Waals surface area (Å²) in [6.07, 6.45) is 7.67. The van der Waals surface area contributed by atoms with Gasteiger partial charge in [0.1, 0.15) is 0 Å². The van der Waals surface area contributed by atoms with Gasteiger partial charge in [0.15, 0.2) is 0 Å². The molecule has 2 aliphatic rings. The van der Waals surface area contributed by atoms with Crippen LogP contribution in [0.15, 0.2) is 30.3 Å². The number of carbonyl (C=O) groups excluding carboxylic acids is 1. The van der Waals surface area contributed by atoms with Crippen molar-refractivity contribution in [2.24, 2.45) is 5.41 Å². The van der Waals surface area contributed by atoms with Crippen molar-refractivity contribution in [3.63, 3.8) is 0 Å². The van der Waals surface area contributed by atoms with Crippen molar-refractivity contribution in [1.29, 1.82) is 0 Å². The lowest BCUT2D eigenvalue weighted by Crippen LogP contribution is -2.47. The second kappa shape index (κ2) is 8.56. The SMILES string of the molecule is O=C(NCC1(CCO)CCCCC1)NC1CCN(c2ccccc2)C1. The summed E-state index contributed by atoms with van der Waals surface area (Å²) in [4.78, 5) is 14.6. The average Bonchev–Trinajstić information content (AvgIpc) is 3.10. The van der Waals surface area contributed by atoms with Crippen LogP contribution in [0.1, 0.15) is 44.9 Å². The van der Waals surface area contributed by atoms with Crippen LogP contribution in [0.2, 0.25) is 0 Å². The third-order valence-electron chi connectivity index (χ3n) is 5.83. The van der Waals surface area contributed by atoms with Gasteiger partial charge in [0, 0.05) is 38.0 Å². The topological polar surface area (TPSA) is 64.6 Å². The lowest BCUT2D eigenvalue weighted by atomic mass is 9.72. The number of nitrogens with zero attached hydrogens (tertiary/aromatic N) is 1. The van der Waals surface area contributed by atoms with Crippen LogP contribution in [-0.4, -0.2) is 43.4 Å². The normalized spacial score (nSPS) is 22.6. The molecule has 1 aliphatic heterocycles. The first-order chi connectivity index (χ1) is 12.2. The summed E-state index contributed by atoms with van der Waals surface area (Å²) in [6, 6.07) is 10.5. The molecule has 1 aliphatic carbocycles. The van der Waals surface area contributed by atoms with Crippen LogP contribution in [0.25, 0.3) is 0 Å². The van der Waals surface area contributed by atoms with E-state index in [0.717, 1.165) is 38.8 Å². The van der Waals surface area contributed by atoms with Crippen molar-refractivity contribution < 1.29 is 9.90 Å². The van der Waals surface area contributed by atoms with Gasteiger partial charge in [0.05, 0.1) is 0 Å². The fourth-order valence-corrected chi connectivity index (χ4v) is 4.31. The van der Waals surface area contributed by atoms with Crippen molar-refractivity contribution in [1.82, 2.24) is 10.6 Å². The lowest BCUT2D eigenvalue weighted by molar-refractivity contribution is 0.127. The minimum absolute atomic E-state index is 0.0669. The number of carbonyl (C=O) groups is 1. The van der Waals surface area contributed by atoms with Gasteiger partial charge >= 0.3 is 6.03 Å². The Morgan fingerprint density at radius 1 is 1.20 bits per heavy atom. The molecule has 5 nitrogen and oxygen atoms in total. The van der Waals surface area contributed by atoms with E-state index in [2.05, 4.69) is 27.7 Å². The molecule has 0 bridgehead atoms. The van der Waals surface area contributed by atoms with Gasteiger partial charge in [0.2, 0.25) is 0 Å². The summed E-state index contributed by atoms with van der Waals surface area (Å²) in [5.74, 6) is 0. The maximum Gasteiger partial charge on any atom is 0.315 e. The molecule has 3 N–H and O–H groups in total. The molecule has 1 unspecified atom stereocenters. The molecule has 138 valence electrons. The van der Waals surface area contributed by atoms with Gasteiger partial charge in [-0.2, -0.15) is 0 Å². The molecular weight excluding hydrogens is 314 g/mol. The number of aliphatic hydroxyl groups excluding tert-OH is 1. The highest BCUT2D eigenvalue weighted by molar-refractivity contribution is 5.74. The van der Waals surface area contributed by atoms with Gasteiger partial charge in [-0.3, -0.25) is 0 Å². The molecule has 3 rings (SSSR count). The van der Waals surface area contributed by atoms with Crippen LogP contribution >= 0.6 is 0 Å². The highest BCUT2D eigenvalue weighted by Gasteiger charge is 2.32. The van der Waals surface area contributed by atoms with Crippen LogP contribution in [0.4, 0.5) is 10.5 Å². The standard InChI is InChI=1S/C20H31N3O2/c24-14-12-20(10-5-2-6-11-20)16-21-19(25)22-17-9-13-23(15-17)18-7-3-1-4-8-18/h1,3-4,7-8,17,24H,2,5-6,9-16H2,(H2,21,22,25). The van der Waals surface area contributed by atoms with Gasteiger partial charge in [-0.25, -0.2) is 4.79 Å². The Labute approximate surface area is 150 Å². The Morgan fingerprint density at radius 2 is 1.96 bits per heavy atom. The van der Waals surface area contributed by atoms with E-state index < -0.39 is 0 Å². The van der Waals surface area contributed by atoms with E-state index in [9.17, 15) is 9.90 Å². The van der Waals surface area contributed by atoms with Crippen LogP contribution in [0, 0.1) is 5.41 Å². The Kier molecular flexibility index (Phi) is 6.19. The molecule has 0 radical (unpaired) electrons. The number of para-hydroxylation sites is 1. The number of nitrogens with one attached hydrogen (secondary N) is 2. The van der Waals surface area contributed by atoms with Crippen molar-refractivity contribution in [2.45, 2.75) is 51.0 Å². The minimum Gasteiger partial charge on any atom is -0.396 e. The van der Waals surface area contributed by atoms with Crippen molar-refractivity contribution in [3.05, 3.63) is 30.3 Å². The zero-order chi connectivity index (χ0) is 17.5. The largest absolute Gasteiger partial charge is 0.396 e. The molecule has 1 heterocycles. The van der Waals surface area contributed by atoms with E-state index in [0.29, 0.717) is 6.54 Å². The second-order valence-corrected chi connectivity index (χ2v) is 7.63. The summed E-state index contributed by atoms with van der Waals surface area (Å²) in [5.41, 5.74) is 1.31.